The predicted octanol–water partition coefficient (Wildman–Crippen LogP) is 6.11. The van der Waals surface area contributed by atoms with Crippen molar-refractivity contribution in [2.45, 2.75) is 129 Å². The van der Waals surface area contributed by atoms with Crippen molar-refractivity contribution in [2.75, 3.05) is 20.7 Å². The molecule has 55 heavy (non-hydrogen) atoms. The zero-order valence-electron chi connectivity index (χ0n) is 33.9. The number of alkyl carbamates (subject to hydrolysis) is 1. The molecule has 12 atom stereocenters. The number of thiophene rings is 1. The normalized spacial score (nSPS) is 36.2. The van der Waals surface area contributed by atoms with Gasteiger partial charge in [0.1, 0.15) is 30.2 Å². The van der Waals surface area contributed by atoms with Crippen molar-refractivity contribution in [2.24, 2.45) is 29.6 Å². The smallest absolute Gasteiger partial charge is 0.408 e. The topological polar surface area (TPSA) is 146 Å². The first-order valence-corrected chi connectivity index (χ1v) is 20.4. The maximum Gasteiger partial charge on any atom is 0.408 e. The Morgan fingerprint density at radius 1 is 1.02 bits per heavy atom. The lowest BCUT2D eigenvalue weighted by atomic mass is 9.68. The van der Waals surface area contributed by atoms with Crippen molar-refractivity contribution in [1.29, 1.82) is 0 Å². The maximum absolute atomic E-state index is 14.5. The van der Waals surface area contributed by atoms with Gasteiger partial charge in [-0.15, -0.1) is 11.3 Å². The Balaban J connectivity index is 1.53. The van der Waals surface area contributed by atoms with Crippen LogP contribution in [0.25, 0.3) is 10.6 Å². The number of ether oxygens (including phenoxy) is 4. The Morgan fingerprint density at radius 2 is 1.76 bits per heavy atom. The van der Waals surface area contributed by atoms with Gasteiger partial charge in [0.25, 0.3) is 0 Å². The third kappa shape index (κ3) is 9.47. The molecule has 3 saturated heterocycles. The number of rotatable bonds is 7. The van der Waals surface area contributed by atoms with Crippen LogP contribution < -0.4 is 5.32 Å². The first-order valence-electron chi connectivity index (χ1n) is 19.6. The standard InChI is InChI=1S/C42H58N4O8S/c1-11-35-42(8)38(45-40(50)54-42)27(5)36(47)24(2)22-41(7,51-18-12-13-31-14-15-34(55-31)33-23-43-16-17-44-33)32(26(4)37(48)28(6)39(49)53-35)21-30-20-29(46(9)10)19-25(3)52-30/h14-17,23-30,32,35,38H,11,18-22H2,1-10H3,(H,45,50)/t24-,25-,26-,27+,28-,29+,30?,32-,35-,38?,41+,42-/m1/s1. The molecule has 5 heterocycles. The molecule has 5 rings (SSSR count). The second-order valence-electron chi connectivity index (χ2n) is 16.4. The number of amides is 1. The van der Waals surface area contributed by atoms with Gasteiger partial charge in [0, 0.05) is 36.2 Å². The summed E-state index contributed by atoms with van der Waals surface area (Å²) in [4.78, 5) is 68.0. The molecular weight excluding hydrogens is 721 g/mol. The number of nitrogens with one attached hydrogen (secondary N) is 1. The molecule has 3 fully saturated rings. The Hall–Kier alpha value is -3.70. The summed E-state index contributed by atoms with van der Waals surface area (Å²) in [6.45, 7) is 14.6. The molecule has 1 amide bonds. The number of Topliss-reactive ketones (excluding diaryl/α,β-unsaturated/α-hetero) is 2. The van der Waals surface area contributed by atoms with Gasteiger partial charge in [0.15, 0.2) is 5.60 Å². The van der Waals surface area contributed by atoms with E-state index in [0.717, 1.165) is 28.3 Å². The molecule has 0 aromatic carbocycles. The number of esters is 1. The zero-order valence-corrected chi connectivity index (χ0v) is 34.7. The number of carbonyl (C=O) groups is 4. The number of hydrogen-bond acceptors (Lipinski definition) is 12. The molecule has 0 aliphatic carbocycles. The van der Waals surface area contributed by atoms with Crippen molar-refractivity contribution in [3.63, 3.8) is 0 Å². The highest BCUT2D eigenvalue weighted by Crippen LogP contribution is 2.43. The molecule has 3 aliphatic rings. The monoisotopic (exact) mass is 778 g/mol. The highest BCUT2D eigenvalue weighted by atomic mass is 32.1. The van der Waals surface area contributed by atoms with Crippen LogP contribution in [0.15, 0.2) is 30.7 Å². The Morgan fingerprint density at radius 3 is 2.44 bits per heavy atom. The summed E-state index contributed by atoms with van der Waals surface area (Å²) >= 11 is 1.50. The highest BCUT2D eigenvalue weighted by Gasteiger charge is 2.57. The summed E-state index contributed by atoms with van der Waals surface area (Å²) in [7, 11) is 4.13. The lowest BCUT2D eigenvalue weighted by Crippen LogP contribution is -2.57. The molecule has 0 radical (unpaired) electrons. The van der Waals surface area contributed by atoms with Gasteiger partial charge in [-0.1, -0.05) is 39.5 Å². The van der Waals surface area contributed by atoms with Crippen molar-refractivity contribution in [3.05, 3.63) is 35.6 Å². The van der Waals surface area contributed by atoms with Crippen LogP contribution in [-0.2, 0) is 33.3 Å². The summed E-state index contributed by atoms with van der Waals surface area (Å²) in [5.41, 5.74) is -1.63. The van der Waals surface area contributed by atoms with Gasteiger partial charge < -0.3 is 29.2 Å². The molecule has 2 aromatic rings. The number of fused-ring (bicyclic) bond motifs is 1. The van der Waals surface area contributed by atoms with Gasteiger partial charge in [0.2, 0.25) is 0 Å². The van der Waals surface area contributed by atoms with Crippen LogP contribution in [-0.4, -0.2) is 101 Å². The molecule has 2 aromatic heterocycles. The largest absolute Gasteiger partial charge is 0.458 e. The second-order valence-corrected chi connectivity index (χ2v) is 17.5. The fourth-order valence-corrected chi connectivity index (χ4v) is 9.84. The van der Waals surface area contributed by atoms with Crippen molar-refractivity contribution in [3.8, 4) is 22.4 Å². The first-order chi connectivity index (χ1) is 26.0. The SMILES string of the molecule is CC[C@H]1OC(=O)[C@H](C)C(=O)[C@H](C)[C@@H](CC2C[C@@H](N(C)C)C[C@@H](C)O2)[C@@](C)(OCC#Cc2ccc(-c3cnccn3)s2)C[C@@H](C)C(=O)[C@H](C)C2NC(=O)O[C@@]21C. The summed E-state index contributed by atoms with van der Waals surface area (Å²) in [6.07, 6.45) is 5.93. The fourth-order valence-electron chi connectivity index (χ4n) is 9.00. The van der Waals surface area contributed by atoms with Gasteiger partial charge in [-0.2, -0.15) is 0 Å². The molecule has 0 spiro atoms. The van der Waals surface area contributed by atoms with Gasteiger partial charge in [-0.3, -0.25) is 24.4 Å². The highest BCUT2D eigenvalue weighted by molar-refractivity contribution is 7.16. The second kappa shape index (κ2) is 17.6. The van der Waals surface area contributed by atoms with E-state index in [0.29, 0.717) is 12.8 Å². The minimum Gasteiger partial charge on any atom is -0.458 e. The third-order valence-electron chi connectivity index (χ3n) is 12.2. The quantitative estimate of drug-likeness (QED) is 0.197. The average molecular weight is 779 g/mol. The average Bonchev–Trinajstić information content (AvgIpc) is 3.76. The maximum atomic E-state index is 14.5. The minimum atomic E-state index is -1.33. The van der Waals surface area contributed by atoms with E-state index in [-0.39, 0.29) is 42.8 Å². The molecule has 2 unspecified atom stereocenters. The van der Waals surface area contributed by atoms with Gasteiger partial charge in [-0.05, 0) is 91.9 Å². The number of cyclic esters (lactones) is 1. The minimum absolute atomic E-state index is 0.00522. The molecule has 3 aliphatic heterocycles. The van der Waals surface area contributed by atoms with E-state index in [1.54, 1.807) is 39.4 Å². The molecule has 0 bridgehead atoms. The summed E-state index contributed by atoms with van der Waals surface area (Å²) < 4.78 is 25.2. The lowest BCUT2D eigenvalue weighted by Gasteiger charge is -2.46. The Labute approximate surface area is 329 Å². The van der Waals surface area contributed by atoms with E-state index >= 15 is 0 Å². The van der Waals surface area contributed by atoms with Gasteiger partial charge >= 0.3 is 12.1 Å². The molecular formula is C42H58N4O8S. The molecule has 0 saturated carbocycles. The van der Waals surface area contributed by atoms with Crippen LogP contribution in [0, 0.1) is 41.4 Å². The van der Waals surface area contributed by atoms with Crippen molar-refractivity contribution in [1.82, 2.24) is 20.2 Å². The summed E-state index contributed by atoms with van der Waals surface area (Å²) in [5, 5.41) is 2.84. The van der Waals surface area contributed by atoms with Crippen LogP contribution in [0.5, 0.6) is 0 Å². The van der Waals surface area contributed by atoms with Crippen LogP contribution in [0.3, 0.4) is 0 Å². The Bertz CT molecular complexity index is 1760. The van der Waals surface area contributed by atoms with Crippen LogP contribution in [0.4, 0.5) is 4.79 Å². The van der Waals surface area contributed by atoms with Gasteiger partial charge in [-0.25, -0.2) is 4.79 Å². The lowest BCUT2D eigenvalue weighted by molar-refractivity contribution is -0.173. The van der Waals surface area contributed by atoms with E-state index in [4.69, 9.17) is 18.9 Å². The molecule has 12 nitrogen and oxygen atoms in total. The number of ketones is 2. The number of nitrogens with zero attached hydrogens (tertiary/aromatic N) is 3. The van der Waals surface area contributed by atoms with E-state index in [2.05, 4.69) is 53.0 Å². The van der Waals surface area contributed by atoms with E-state index in [1.807, 2.05) is 39.8 Å². The summed E-state index contributed by atoms with van der Waals surface area (Å²) in [5.74, 6) is 1.83. The molecule has 300 valence electrons. The molecule has 1 N–H and O–H groups in total. The van der Waals surface area contributed by atoms with E-state index in [1.165, 1.54) is 11.3 Å². The van der Waals surface area contributed by atoms with Gasteiger partial charge in [0.05, 0.1) is 45.5 Å². The number of aromatic nitrogens is 2. The van der Waals surface area contributed by atoms with E-state index < -0.39 is 65.0 Å². The Kier molecular flexibility index (Phi) is 13.6. The fraction of sp³-hybridized carbons (Fsp3) is 0.667. The van der Waals surface area contributed by atoms with Crippen molar-refractivity contribution >= 4 is 35.0 Å². The van der Waals surface area contributed by atoms with Crippen LogP contribution in [0.1, 0.15) is 92.4 Å². The number of hydrogen-bond donors (Lipinski definition) is 1. The van der Waals surface area contributed by atoms with Crippen LogP contribution in [0.2, 0.25) is 0 Å². The summed E-state index contributed by atoms with van der Waals surface area (Å²) in [6, 6.07) is 3.41. The zero-order chi connectivity index (χ0) is 40.2. The molecule has 13 heteroatoms. The first kappa shape index (κ1) is 42.4. The number of carbonyl (C=O) groups excluding carboxylic acids is 4. The van der Waals surface area contributed by atoms with E-state index in [9.17, 15) is 19.2 Å². The predicted molar refractivity (Wildman–Crippen MR) is 209 cm³/mol. The van der Waals surface area contributed by atoms with Crippen LogP contribution >= 0.6 is 11.3 Å². The van der Waals surface area contributed by atoms with Crippen molar-refractivity contribution < 1.29 is 38.1 Å². The third-order valence-corrected chi connectivity index (χ3v) is 13.2.